The summed E-state index contributed by atoms with van der Waals surface area (Å²) >= 11 is 0. The van der Waals surface area contributed by atoms with Gasteiger partial charge in [-0.25, -0.2) is 4.57 Å². The van der Waals surface area contributed by atoms with Gasteiger partial charge >= 0.3 is 13.8 Å². The van der Waals surface area contributed by atoms with Gasteiger partial charge < -0.3 is 19.4 Å². The Morgan fingerprint density at radius 3 is 1.26 bits per heavy atom. The van der Waals surface area contributed by atoms with Crippen molar-refractivity contribution in [2.24, 2.45) is 0 Å². The number of phosphoric acid groups is 1. The zero-order valence-electron chi connectivity index (χ0n) is 51.2. The molecule has 0 heterocycles. The van der Waals surface area contributed by atoms with E-state index in [1.807, 2.05) is 33.3 Å². The van der Waals surface area contributed by atoms with Gasteiger partial charge in [0.25, 0.3) is 0 Å². The van der Waals surface area contributed by atoms with Crippen LogP contribution in [-0.2, 0) is 27.9 Å². The molecule has 0 saturated carbocycles. The van der Waals surface area contributed by atoms with Crippen LogP contribution < -0.4 is 5.32 Å². The van der Waals surface area contributed by atoms with E-state index >= 15 is 0 Å². The molecule has 10 heteroatoms. The van der Waals surface area contributed by atoms with Crippen LogP contribution in [0.2, 0.25) is 0 Å². The zero-order valence-corrected chi connectivity index (χ0v) is 52.1. The van der Waals surface area contributed by atoms with Crippen molar-refractivity contribution in [2.45, 2.75) is 303 Å². The van der Waals surface area contributed by atoms with Crippen LogP contribution in [-0.4, -0.2) is 74.3 Å². The first kappa shape index (κ1) is 74.5. The van der Waals surface area contributed by atoms with E-state index in [0.717, 1.165) is 89.9 Å². The molecule has 1 amide bonds. The quantitative estimate of drug-likeness (QED) is 0.0205. The summed E-state index contributed by atoms with van der Waals surface area (Å²) < 4.78 is 30.7. The maximum Gasteiger partial charge on any atom is 0.472 e. The molecule has 77 heavy (non-hydrogen) atoms. The molecule has 0 fully saturated rings. The maximum absolute atomic E-state index is 13.6. The SMILES string of the molecule is CC/C=C\C/C=C\C/C=C\C/C=C\C/C=C\CCCCCC(=O)OC(/C=C/CCCCCCCCCCCCC)C(COP(=O)(O)OCC[N+](C)(C)C)NC(=O)CCCCCCCCCCCCCCCCCCCCC. The number of carbonyl (C=O) groups excluding carboxylic acids is 2. The first-order chi connectivity index (χ1) is 37.4. The lowest BCUT2D eigenvalue weighted by Crippen LogP contribution is -2.47. The van der Waals surface area contributed by atoms with Crippen molar-refractivity contribution in [3.8, 4) is 0 Å². The predicted molar refractivity (Wildman–Crippen MR) is 332 cm³/mol. The smallest absolute Gasteiger partial charge is 0.456 e. The van der Waals surface area contributed by atoms with Crippen molar-refractivity contribution in [1.29, 1.82) is 0 Å². The summed E-state index contributed by atoms with van der Waals surface area (Å²) in [7, 11) is 1.48. The average molecular weight is 1100 g/mol. The largest absolute Gasteiger partial charge is 0.472 e. The molecular formula is C67H124N2O7P+. The third kappa shape index (κ3) is 57.9. The van der Waals surface area contributed by atoms with Gasteiger partial charge in [0.05, 0.1) is 33.8 Å². The number of hydrogen-bond donors (Lipinski definition) is 2. The highest BCUT2D eigenvalue weighted by atomic mass is 31.2. The van der Waals surface area contributed by atoms with Crippen LogP contribution in [0.15, 0.2) is 72.9 Å². The fraction of sp³-hybridized carbons (Fsp3) is 0.791. The van der Waals surface area contributed by atoms with Crippen LogP contribution in [0.1, 0.15) is 290 Å². The summed E-state index contributed by atoms with van der Waals surface area (Å²) in [5.74, 6) is -0.534. The van der Waals surface area contributed by atoms with Gasteiger partial charge in [-0.3, -0.25) is 18.6 Å². The van der Waals surface area contributed by atoms with E-state index in [1.165, 1.54) is 161 Å². The second kappa shape index (κ2) is 56.7. The topological polar surface area (TPSA) is 111 Å². The van der Waals surface area contributed by atoms with Gasteiger partial charge in [-0.2, -0.15) is 0 Å². The Hall–Kier alpha value is -2.55. The standard InChI is InChI=1S/C67H123N2O7P/c1-7-10-13-16-19-22-25-28-30-32-34-36-38-41-44-47-50-53-56-59-66(70)68-64(63-75-77(72,73)74-62-61-69(4,5)6)65(58-55-52-49-46-43-40-27-24-21-18-15-12-9-3)76-67(71)60-57-54-51-48-45-42-39-37-35-33-31-29-26-23-20-17-14-11-8-2/h11,14,20,23,29,31,35,37,42,45,55,58,64-65H,7-10,12-13,15-19,21-22,24-28,30,32-34,36,38-41,43-44,46-54,56-57,59-63H2,1-6H3,(H-,68,70,72,73)/p+1/b14-11-,23-20-,31-29-,37-35-,45-42-,58-55+. The number of hydrogen-bond acceptors (Lipinski definition) is 6. The second-order valence-corrected chi connectivity index (χ2v) is 24.4. The Bertz CT molecular complexity index is 1550. The average Bonchev–Trinajstić information content (AvgIpc) is 3.39. The number of quaternary nitrogens is 1. The Morgan fingerprint density at radius 1 is 0.468 bits per heavy atom. The van der Waals surface area contributed by atoms with E-state index < -0.39 is 20.0 Å². The lowest BCUT2D eigenvalue weighted by Gasteiger charge is -2.27. The molecular weight excluding hydrogens is 976 g/mol. The van der Waals surface area contributed by atoms with Gasteiger partial charge in [0.15, 0.2) is 0 Å². The minimum Gasteiger partial charge on any atom is -0.456 e. The molecule has 0 aromatic heterocycles. The summed E-state index contributed by atoms with van der Waals surface area (Å²) in [6.07, 6.45) is 73.3. The molecule has 3 unspecified atom stereocenters. The molecule has 0 aliphatic rings. The Balaban J connectivity index is 5.30. The molecule has 0 spiro atoms. The van der Waals surface area contributed by atoms with Crippen molar-refractivity contribution < 1.29 is 37.3 Å². The van der Waals surface area contributed by atoms with E-state index in [-0.39, 0.29) is 31.5 Å². The summed E-state index contributed by atoms with van der Waals surface area (Å²) in [4.78, 5) is 37.8. The van der Waals surface area contributed by atoms with Gasteiger partial charge in [0.2, 0.25) is 5.91 Å². The third-order valence-corrected chi connectivity index (χ3v) is 15.1. The molecule has 3 atom stereocenters. The van der Waals surface area contributed by atoms with Crippen molar-refractivity contribution in [2.75, 3.05) is 40.9 Å². The van der Waals surface area contributed by atoms with E-state index in [1.54, 1.807) is 0 Å². The van der Waals surface area contributed by atoms with Crippen LogP contribution in [0.4, 0.5) is 0 Å². The van der Waals surface area contributed by atoms with Gasteiger partial charge in [0, 0.05) is 12.8 Å². The van der Waals surface area contributed by atoms with E-state index in [9.17, 15) is 19.0 Å². The molecule has 0 rings (SSSR count). The molecule has 2 N–H and O–H groups in total. The number of nitrogens with one attached hydrogen (secondary N) is 1. The number of unbranched alkanes of at least 4 members (excludes halogenated alkanes) is 32. The number of amides is 1. The Labute approximate surface area is 476 Å². The van der Waals surface area contributed by atoms with Crippen molar-refractivity contribution >= 4 is 19.7 Å². The monoisotopic (exact) mass is 1100 g/mol. The normalized spacial score (nSPS) is 14.1. The highest BCUT2D eigenvalue weighted by Crippen LogP contribution is 2.43. The van der Waals surface area contributed by atoms with E-state index in [4.69, 9.17) is 13.8 Å². The van der Waals surface area contributed by atoms with Gasteiger partial charge in [0.1, 0.15) is 19.3 Å². The van der Waals surface area contributed by atoms with Crippen LogP contribution in [0, 0.1) is 0 Å². The van der Waals surface area contributed by atoms with Gasteiger partial charge in [-0.1, -0.05) is 274 Å². The number of esters is 1. The number of rotatable bonds is 58. The van der Waals surface area contributed by atoms with Gasteiger partial charge in [-0.15, -0.1) is 0 Å². The zero-order chi connectivity index (χ0) is 56.4. The van der Waals surface area contributed by atoms with Crippen LogP contribution in [0.5, 0.6) is 0 Å². The number of phosphoric ester groups is 1. The lowest BCUT2D eigenvalue weighted by molar-refractivity contribution is -0.870. The van der Waals surface area contributed by atoms with Crippen LogP contribution in [0.3, 0.4) is 0 Å². The number of nitrogens with zero attached hydrogens (tertiary/aromatic N) is 1. The fourth-order valence-electron chi connectivity index (χ4n) is 9.20. The molecule has 0 aliphatic heterocycles. The van der Waals surface area contributed by atoms with Crippen LogP contribution in [0.25, 0.3) is 0 Å². The minimum atomic E-state index is -4.46. The van der Waals surface area contributed by atoms with Gasteiger partial charge in [-0.05, 0) is 76.7 Å². The molecule has 0 bridgehead atoms. The molecule has 448 valence electrons. The minimum absolute atomic E-state index is 0.0338. The van der Waals surface area contributed by atoms with Crippen molar-refractivity contribution in [1.82, 2.24) is 5.32 Å². The highest BCUT2D eigenvalue weighted by molar-refractivity contribution is 7.47. The summed E-state index contributed by atoms with van der Waals surface area (Å²) in [5.41, 5.74) is 0. The Morgan fingerprint density at radius 2 is 0.831 bits per heavy atom. The number of allylic oxidation sites excluding steroid dienone is 11. The van der Waals surface area contributed by atoms with E-state index in [0.29, 0.717) is 23.9 Å². The molecule has 9 nitrogen and oxygen atoms in total. The summed E-state index contributed by atoms with van der Waals surface area (Å²) in [5, 5.41) is 3.06. The number of ether oxygens (including phenoxy) is 1. The molecule has 0 radical (unpaired) electrons. The molecule has 0 aromatic rings. The molecule has 0 saturated heterocycles. The molecule has 0 aliphatic carbocycles. The predicted octanol–water partition coefficient (Wildman–Crippen LogP) is 20.0. The lowest BCUT2D eigenvalue weighted by atomic mass is 10.0. The first-order valence-electron chi connectivity index (χ1n) is 32.3. The molecule has 0 aromatic carbocycles. The second-order valence-electron chi connectivity index (χ2n) is 22.9. The maximum atomic E-state index is 13.6. The van der Waals surface area contributed by atoms with E-state index in [2.05, 4.69) is 86.8 Å². The number of likely N-dealkylation sites (N-methyl/N-ethyl adjacent to an activating group) is 1. The summed E-state index contributed by atoms with van der Waals surface area (Å²) in [6, 6.07) is -0.863. The van der Waals surface area contributed by atoms with Crippen molar-refractivity contribution in [3.63, 3.8) is 0 Å². The summed E-state index contributed by atoms with van der Waals surface area (Å²) in [6.45, 7) is 6.90. The first-order valence-corrected chi connectivity index (χ1v) is 33.8. The Kier molecular flexibility index (Phi) is 54.8. The van der Waals surface area contributed by atoms with Crippen LogP contribution >= 0.6 is 7.82 Å². The third-order valence-electron chi connectivity index (χ3n) is 14.2. The van der Waals surface area contributed by atoms with Crippen molar-refractivity contribution in [3.05, 3.63) is 72.9 Å². The fourth-order valence-corrected chi connectivity index (χ4v) is 9.94. The number of carbonyl (C=O) groups is 2. The highest BCUT2D eigenvalue weighted by Gasteiger charge is 2.30.